The number of nitro groups is 1. The summed E-state index contributed by atoms with van der Waals surface area (Å²) >= 11 is 0. The van der Waals surface area contributed by atoms with E-state index in [1.165, 1.54) is 12.1 Å². The molecule has 5 nitrogen and oxygen atoms in total. The minimum Gasteiger partial charge on any atom is -0.278 e. The highest BCUT2D eigenvalue weighted by Gasteiger charge is 2.04. The van der Waals surface area contributed by atoms with Gasteiger partial charge in [0.25, 0.3) is 5.69 Å². The van der Waals surface area contributed by atoms with Gasteiger partial charge in [-0.15, -0.1) is 0 Å². The lowest BCUT2D eigenvalue weighted by Gasteiger charge is -2.01. The molecule has 0 amide bonds. The first-order valence-corrected chi connectivity index (χ1v) is 5.76. The summed E-state index contributed by atoms with van der Waals surface area (Å²) in [5.74, 6) is 0. The van der Waals surface area contributed by atoms with Gasteiger partial charge in [0.05, 0.1) is 16.8 Å². The summed E-state index contributed by atoms with van der Waals surface area (Å²) in [6.45, 7) is 1.99. The van der Waals surface area contributed by atoms with Gasteiger partial charge in [-0.05, 0) is 24.1 Å². The third-order valence-electron chi connectivity index (χ3n) is 2.64. The Labute approximate surface area is 110 Å². The highest BCUT2D eigenvalue weighted by Crippen LogP contribution is 2.16. The van der Waals surface area contributed by atoms with Crippen molar-refractivity contribution in [2.45, 2.75) is 6.92 Å². The van der Waals surface area contributed by atoms with E-state index in [9.17, 15) is 10.1 Å². The van der Waals surface area contributed by atoms with E-state index in [4.69, 9.17) is 0 Å². The topological polar surface area (TPSA) is 67.5 Å². The molecule has 2 rings (SSSR count). The van der Waals surface area contributed by atoms with Crippen molar-refractivity contribution in [3.8, 4) is 0 Å². The number of hydrazone groups is 1. The predicted molar refractivity (Wildman–Crippen MR) is 75.5 cm³/mol. The summed E-state index contributed by atoms with van der Waals surface area (Å²) in [7, 11) is 0. The third kappa shape index (κ3) is 3.38. The molecule has 0 aliphatic heterocycles. The van der Waals surface area contributed by atoms with Crippen molar-refractivity contribution >= 4 is 17.6 Å². The molecular formula is C14H13N3O2. The number of rotatable bonds is 4. The summed E-state index contributed by atoms with van der Waals surface area (Å²) in [4.78, 5) is 10.2. The average Bonchev–Trinajstić information content (AvgIpc) is 2.41. The van der Waals surface area contributed by atoms with E-state index in [0.29, 0.717) is 5.69 Å². The van der Waals surface area contributed by atoms with E-state index in [1.54, 1.807) is 18.3 Å². The van der Waals surface area contributed by atoms with Gasteiger partial charge < -0.3 is 0 Å². The smallest absolute Gasteiger partial charge is 0.271 e. The molecule has 0 bridgehead atoms. The number of aryl methyl sites for hydroxylation is 1. The van der Waals surface area contributed by atoms with Crippen LogP contribution >= 0.6 is 0 Å². The molecule has 0 aromatic heterocycles. The van der Waals surface area contributed by atoms with Gasteiger partial charge in [-0.25, -0.2) is 0 Å². The Kier molecular flexibility index (Phi) is 3.87. The lowest BCUT2D eigenvalue weighted by atomic mass is 10.1. The summed E-state index contributed by atoms with van der Waals surface area (Å²) in [6.07, 6.45) is 1.69. The summed E-state index contributed by atoms with van der Waals surface area (Å²) in [6, 6.07) is 14.1. The van der Waals surface area contributed by atoms with Gasteiger partial charge in [0.2, 0.25) is 0 Å². The fourth-order valence-corrected chi connectivity index (χ4v) is 1.60. The molecule has 2 aromatic rings. The van der Waals surface area contributed by atoms with Crippen molar-refractivity contribution in [1.29, 1.82) is 0 Å². The molecule has 0 spiro atoms. The highest BCUT2D eigenvalue weighted by molar-refractivity contribution is 5.82. The first-order chi connectivity index (χ1) is 9.16. The molecule has 0 heterocycles. The largest absolute Gasteiger partial charge is 0.278 e. The van der Waals surface area contributed by atoms with E-state index >= 15 is 0 Å². The molecule has 0 fully saturated rings. The normalized spacial score (nSPS) is 10.6. The third-order valence-corrected chi connectivity index (χ3v) is 2.64. The zero-order chi connectivity index (χ0) is 13.7. The summed E-state index contributed by atoms with van der Waals surface area (Å²) < 4.78 is 0. The molecule has 5 heteroatoms. The Hall–Kier alpha value is -2.69. The first-order valence-electron chi connectivity index (χ1n) is 5.76. The van der Waals surface area contributed by atoms with Crippen molar-refractivity contribution in [2.75, 3.05) is 5.43 Å². The van der Waals surface area contributed by atoms with Crippen LogP contribution in [0.25, 0.3) is 0 Å². The quantitative estimate of drug-likeness (QED) is 0.517. The molecule has 96 valence electrons. The van der Waals surface area contributed by atoms with E-state index in [-0.39, 0.29) is 5.69 Å². The van der Waals surface area contributed by atoms with Crippen LogP contribution in [-0.4, -0.2) is 11.1 Å². The maximum absolute atomic E-state index is 10.6. The van der Waals surface area contributed by atoms with Gasteiger partial charge in [-0.2, -0.15) is 5.10 Å². The lowest BCUT2D eigenvalue weighted by molar-refractivity contribution is -0.384. The van der Waals surface area contributed by atoms with Crippen molar-refractivity contribution < 1.29 is 4.92 Å². The second-order valence-electron chi connectivity index (χ2n) is 4.03. The van der Waals surface area contributed by atoms with Crippen molar-refractivity contribution in [3.63, 3.8) is 0 Å². The number of hydrogen-bond acceptors (Lipinski definition) is 4. The lowest BCUT2D eigenvalue weighted by Crippen LogP contribution is -1.94. The second kappa shape index (κ2) is 5.77. The molecular weight excluding hydrogens is 242 g/mol. The van der Waals surface area contributed by atoms with Crippen molar-refractivity contribution in [1.82, 2.24) is 0 Å². The van der Waals surface area contributed by atoms with Gasteiger partial charge in [-0.1, -0.05) is 30.3 Å². The maximum atomic E-state index is 10.6. The van der Waals surface area contributed by atoms with Crippen molar-refractivity contribution in [3.05, 3.63) is 69.8 Å². The van der Waals surface area contributed by atoms with E-state index in [0.717, 1.165) is 11.1 Å². The average molecular weight is 255 g/mol. The Morgan fingerprint density at radius 2 is 2.00 bits per heavy atom. The van der Waals surface area contributed by atoms with Gasteiger partial charge in [0.1, 0.15) is 0 Å². The van der Waals surface area contributed by atoms with Crippen LogP contribution in [0.5, 0.6) is 0 Å². The van der Waals surface area contributed by atoms with Crippen LogP contribution in [0.2, 0.25) is 0 Å². The van der Waals surface area contributed by atoms with Crippen molar-refractivity contribution in [2.24, 2.45) is 5.10 Å². The molecule has 0 aliphatic carbocycles. The minimum atomic E-state index is -0.434. The van der Waals surface area contributed by atoms with Crippen LogP contribution in [-0.2, 0) is 0 Å². The Morgan fingerprint density at radius 1 is 1.21 bits per heavy atom. The Bertz CT molecular complexity index is 624. The number of benzene rings is 2. The van der Waals surface area contributed by atoms with E-state index < -0.39 is 4.92 Å². The molecule has 0 saturated heterocycles. The standard InChI is InChI=1S/C14H13N3O2/c1-11-5-2-3-6-12(11)10-15-16-13-7-4-8-14(9-13)17(18)19/h2-10,16H,1H3/b15-10-. The van der Waals surface area contributed by atoms with Gasteiger partial charge in [0.15, 0.2) is 0 Å². The van der Waals surface area contributed by atoms with Crippen LogP contribution in [0, 0.1) is 17.0 Å². The molecule has 2 aromatic carbocycles. The molecule has 19 heavy (non-hydrogen) atoms. The zero-order valence-electron chi connectivity index (χ0n) is 10.4. The zero-order valence-corrected chi connectivity index (χ0v) is 10.4. The van der Waals surface area contributed by atoms with E-state index in [2.05, 4.69) is 10.5 Å². The minimum absolute atomic E-state index is 0.0380. The number of nitro benzene ring substituents is 1. The molecule has 0 saturated carbocycles. The SMILES string of the molecule is Cc1ccccc1/C=N\Nc1cccc([N+](=O)[O-])c1. The molecule has 1 N–H and O–H groups in total. The number of nitrogens with zero attached hydrogens (tertiary/aromatic N) is 2. The van der Waals surface area contributed by atoms with Crippen LogP contribution < -0.4 is 5.43 Å². The highest BCUT2D eigenvalue weighted by atomic mass is 16.6. The molecule has 0 aliphatic rings. The van der Waals surface area contributed by atoms with Crippen LogP contribution in [0.15, 0.2) is 53.6 Å². The summed E-state index contributed by atoms with van der Waals surface area (Å²) in [5.41, 5.74) is 5.52. The predicted octanol–water partition coefficient (Wildman–Crippen LogP) is 3.35. The first kappa shape index (κ1) is 12.8. The fraction of sp³-hybridized carbons (Fsp3) is 0.0714. The number of anilines is 1. The monoisotopic (exact) mass is 255 g/mol. The number of non-ortho nitro benzene ring substituents is 1. The van der Waals surface area contributed by atoms with E-state index in [1.807, 2.05) is 31.2 Å². The van der Waals surface area contributed by atoms with Gasteiger partial charge in [0, 0.05) is 12.1 Å². The number of hydrogen-bond donors (Lipinski definition) is 1. The summed E-state index contributed by atoms with van der Waals surface area (Å²) in [5, 5.41) is 14.7. The number of nitrogens with one attached hydrogen (secondary N) is 1. The Balaban J connectivity index is 2.09. The van der Waals surface area contributed by atoms with Crippen LogP contribution in [0.4, 0.5) is 11.4 Å². The second-order valence-corrected chi connectivity index (χ2v) is 4.03. The Morgan fingerprint density at radius 3 is 2.74 bits per heavy atom. The fourth-order valence-electron chi connectivity index (χ4n) is 1.60. The maximum Gasteiger partial charge on any atom is 0.271 e. The van der Waals surface area contributed by atoms with Crippen LogP contribution in [0.1, 0.15) is 11.1 Å². The van der Waals surface area contributed by atoms with Gasteiger partial charge in [-0.3, -0.25) is 15.5 Å². The molecule has 0 radical (unpaired) electrons. The van der Waals surface area contributed by atoms with Gasteiger partial charge >= 0.3 is 0 Å². The molecule has 0 unspecified atom stereocenters. The van der Waals surface area contributed by atoms with Crippen LogP contribution in [0.3, 0.4) is 0 Å². The molecule has 0 atom stereocenters.